The molecule has 2 aromatic carbocycles. The second-order valence-electron chi connectivity index (χ2n) is 6.43. The zero-order valence-electron chi connectivity index (χ0n) is 15.4. The summed E-state index contributed by atoms with van der Waals surface area (Å²) in [6.07, 6.45) is 1.57. The van der Waals surface area contributed by atoms with Crippen molar-refractivity contribution in [3.8, 4) is 11.5 Å². The normalized spacial score (nSPS) is 15.1. The Balaban J connectivity index is 1.90. The molecule has 0 radical (unpaired) electrons. The molecule has 27 heavy (non-hydrogen) atoms. The molecule has 0 amide bonds. The molecule has 0 unspecified atom stereocenters. The van der Waals surface area contributed by atoms with Crippen LogP contribution in [0.3, 0.4) is 0 Å². The SMILES string of the molecule is COc1ccc(/C=C2\N=C(c3ccccc3F)OC2=O)cc1OCC(C)C. The van der Waals surface area contributed by atoms with Crippen molar-refractivity contribution in [2.75, 3.05) is 13.7 Å². The lowest BCUT2D eigenvalue weighted by atomic mass is 10.1. The molecule has 0 atom stereocenters. The lowest BCUT2D eigenvalue weighted by molar-refractivity contribution is -0.129. The fraction of sp³-hybridized carbons (Fsp3) is 0.238. The van der Waals surface area contributed by atoms with Crippen LogP contribution in [0, 0.1) is 11.7 Å². The first kappa shape index (κ1) is 18.6. The van der Waals surface area contributed by atoms with Crippen molar-refractivity contribution in [1.82, 2.24) is 0 Å². The second kappa shape index (κ2) is 8.03. The Morgan fingerprint density at radius 1 is 1.19 bits per heavy atom. The van der Waals surface area contributed by atoms with E-state index in [4.69, 9.17) is 14.2 Å². The van der Waals surface area contributed by atoms with E-state index in [-0.39, 0.29) is 17.2 Å². The van der Waals surface area contributed by atoms with Gasteiger partial charge in [0.1, 0.15) is 5.82 Å². The van der Waals surface area contributed by atoms with Gasteiger partial charge in [-0.05, 0) is 41.8 Å². The molecule has 5 nitrogen and oxygen atoms in total. The summed E-state index contributed by atoms with van der Waals surface area (Å²) in [6.45, 7) is 4.63. The quantitative estimate of drug-likeness (QED) is 0.565. The number of carbonyl (C=O) groups excluding carboxylic acids is 1. The van der Waals surface area contributed by atoms with Crippen LogP contribution in [0.5, 0.6) is 11.5 Å². The highest BCUT2D eigenvalue weighted by molar-refractivity contribution is 6.12. The first-order chi connectivity index (χ1) is 13.0. The van der Waals surface area contributed by atoms with E-state index >= 15 is 0 Å². The summed E-state index contributed by atoms with van der Waals surface area (Å²) in [5.41, 5.74) is 0.929. The third kappa shape index (κ3) is 4.34. The van der Waals surface area contributed by atoms with Gasteiger partial charge in [-0.25, -0.2) is 14.2 Å². The number of aliphatic imine (C=N–C) groups is 1. The third-order valence-electron chi connectivity index (χ3n) is 3.79. The van der Waals surface area contributed by atoms with Gasteiger partial charge < -0.3 is 14.2 Å². The van der Waals surface area contributed by atoms with Crippen molar-refractivity contribution in [3.05, 3.63) is 65.1 Å². The predicted molar refractivity (Wildman–Crippen MR) is 100 cm³/mol. The molecule has 0 N–H and O–H groups in total. The van der Waals surface area contributed by atoms with E-state index in [1.807, 2.05) is 13.8 Å². The molecule has 0 saturated heterocycles. The van der Waals surface area contributed by atoms with Crippen molar-refractivity contribution >= 4 is 17.9 Å². The van der Waals surface area contributed by atoms with Gasteiger partial charge in [0, 0.05) is 0 Å². The third-order valence-corrected chi connectivity index (χ3v) is 3.79. The average molecular weight is 369 g/mol. The molecule has 3 rings (SSSR count). The number of cyclic esters (lactones) is 1. The fourth-order valence-electron chi connectivity index (χ4n) is 2.47. The van der Waals surface area contributed by atoms with Gasteiger partial charge in [-0.2, -0.15) is 0 Å². The van der Waals surface area contributed by atoms with E-state index in [9.17, 15) is 9.18 Å². The van der Waals surface area contributed by atoms with Crippen LogP contribution in [0.2, 0.25) is 0 Å². The molecule has 0 aromatic heterocycles. The second-order valence-corrected chi connectivity index (χ2v) is 6.43. The number of carbonyl (C=O) groups is 1. The zero-order valence-corrected chi connectivity index (χ0v) is 15.4. The summed E-state index contributed by atoms with van der Waals surface area (Å²) >= 11 is 0. The van der Waals surface area contributed by atoms with Gasteiger partial charge in [-0.1, -0.05) is 32.0 Å². The molecule has 0 bridgehead atoms. The van der Waals surface area contributed by atoms with E-state index in [1.54, 1.807) is 43.5 Å². The van der Waals surface area contributed by atoms with Crippen LogP contribution in [-0.2, 0) is 9.53 Å². The molecule has 1 aliphatic heterocycles. The van der Waals surface area contributed by atoms with Crippen LogP contribution < -0.4 is 9.47 Å². The number of methoxy groups -OCH3 is 1. The Bertz CT molecular complexity index is 918. The molecule has 2 aromatic rings. The van der Waals surface area contributed by atoms with Crippen LogP contribution in [-0.4, -0.2) is 25.6 Å². The van der Waals surface area contributed by atoms with Crippen LogP contribution in [0.1, 0.15) is 25.0 Å². The molecule has 1 heterocycles. The summed E-state index contributed by atoms with van der Waals surface area (Å²) in [4.78, 5) is 16.2. The molecule has 1 aliphatic rings. The number of hydrogen-bond acceptors (Lipinski definition) is 5. The van der Waals surface area contributed by atoms with Gasteiger partial charge in [-0.3, -0.25) is 0 Å². The highest BCUT2D eigenvalue weighted by atomic mass is 19.1. The van der Waals surface area contributed by atoms with E-state index in [0.717, 1.165) is 0 Å². The van der Waals surface area contributed by atoms with Gasteiger partial charge in [0.15, 0.2) is 17.2 Å². The number of halogens is 1. The van der Waals surface area contributed by atoms with Crippen LogP contribution in [0.15, 0.2) is 53.2 Å². The summed E-state index contributed by atoms with van der Waals surface area (Å²) in [7, 11) is 1.56. The first-order valence-electron chi connectivity index (χ1n) is 8.56. The molecule has 140 valence electrons. The number of nitrogens with zero attached hydrogens (tertiary/aromatic N) is 1. The molecule has 0 fully saturated rings. The lowest BCUT2D eigenvalue weighted by Crippen LogP contribution is -2.07. The largest absolute Gasteiger partial charge is 0.493 e. The topological polar surface area (TPSA) is 57.1 Å². The molecule has 0 spiro atoms. The van der Waals surface area contributed by atoms with Crippen molar-refractivity contribution < 1.29 is 23.4 Å². The van der Waals surface area contributed by atoms with Crippen molar-refractivity contribution in [2.24, 2.45) is 10.9 Å². The minimum Gasteiger partial charge on any atom is -0.493 e. The predicted octanol–water partition coefficient (Wildman–Crippen LogP) is 4.21. The standard InChI is InChI=1S/C21H20FNO4/c1-13(2)12-26-19-11-14(8-9-18(19)25-3)10-17-21(24)27-20(23-17)15-6-4-5-7-16(15)22/h4-11,13H,12H2,1-3H3/b17-10-. The molecular weight excluding hydrogens is 349 g/mol. The monoisotopic (exact) mass is 369 g/mol. The Kier molecular flexibility index (Phi) is 5.54. The van der Waals surface area contributed by atoms with Crippen LogP contribution in [0.4, 0.5) is 4.39 Å². The smallest absolute Gasteiger partial charge is 0.363 e. The van der Waals surface area contributed by atoms with E-state index in [2.05, 4.69) is 4.99 Å². The minimum absolute atomic E-state index is 0.0471. The highest BCUT2D eigenvalue weighted by Gasteiger charge is 2.26. The van der Waals surface area contributed by atoms with Gasteiger partial charge in [0.2, 0.25) is 5.90 Å². The Morgan fingerprint density at radius 3 is 2.67 bits per heavy atom. The van der Waals surface area contributed by atoms with Gasteiger partial charge in [-0.15, -0.1) is 0 Å². The molecular formula is C21H20FNO4. The maximum Gasteiger partial charge on any atom is 0.363 e. The zero-order chi connectivity index (χ0) is 19.4. The number of rotatable bonds is 6. The Morgan fingerprint density at radius 2 is 1.96 bits per heavy atom. The first-order valence-corrected chi connectivity index (χ1v) is 8.56. The number of esters is 1. The summed E-state index contributed by atoms with van der Waals surface area (Å²) < 4.78 is 30.1. The molecule has 0 aliphatic carbocycles. The van der Waals surface area contributed by atoms with Crippen LogP contribution >= 0.6 is 0 Å². The molecule has 0 saturated carbocycles. The lowest BCUT2D eigenvalue weighted by Gasteiger charge is -2.13. The van der Waals surface area contributed by atoms with Gasteiger partial charge in [0.05, 0.1) is 19.3 Å². The fourth-order valence-corrected chi connectivity index (χ4v) is 2.47. The van der Waals surface area contributed by atoms with Crippen molar-refractivity contribution in [2.45, 2.75) is 13.8 Å². The van der Waals surface area contributed by atoms with E-state index in [0.29, 0.717) is 29.6 Å². The summed E-state index contributed by atoms with van der Waals surface area (Å²) in [6, 6.07) is 11.3. The highest BCUT2D eigenvalue weighted by Crippen LogP contribution is 2.30. The van der Waals surface area contributed by atoms with E-state index in [1.165, 1.54) is 12.1 Å². The number of hydrogen-bond donors (Lipinski definition) is 0. The summed E-state index contributed by atoms with van der Waals surface area (Å²) in [5.74, 6) is 0.351. The maximum atomic E-state index is 13.9. The summed E-state index contributed by atoms with van der Waals surface area (Å²) in [5, 5.41) is 0. The maximum absolute atomic E-state index is 13.9. The number of ether oxygens (including phenoxy) is 3. The Hall–Kier alpha value is -3.15. The Labute approximate surface area is 157 Å². The van der Waals surface area contributed by atoms with Gasteiger partial charge >= 0.3 is 5.97 Å². The number of benzene rings is 2. The van der Waals surface area contributed by atoms with Crippen molar-refractivity contribution in [3.63, 3.8) is 0 Å². The van der Waals surface area contributed by atoms with Crippen molar-refractivity contribution in [1.29, 1.82) is 0 Å². The average Bonchev–Trinajstić information content (AvgIpc) is 3.00. The van der Waals surface area contributed by atoms with E-state index < -0.39 is 11.8 Å². The van der Waals surface area contributed by atoms with Gasteiger partial charge in [0.25, 0.3) is 0 Å². The van der Waals surface area contributed by atoms with Crippen LogP contribution in [0.25, 0.3) is 6.08 Å². The molecule has 6 heteroatoms. The minimum atomic E-state index is -0.631.